The zero-order chi connectivity index (χ0) is 84.3. The van der Waals surface area contributed by atoms with Gasteiger partial charge in [-0.2, -0.15) is 0 Å². The number of nitrogens with one attached hydrogen (secondary N) is 4. The van der Waals surface area contributed by atoms with Crippen molar-refractivity contribution in [3.8, 4) is 0 Å². The number of hydrogen-bond donors (Lipinski definition) is 34. The number of piperidine rings is 8. The molecule has 8 aliphatic heterocycles. The number of β-amino-alcohol motifs (C(OH)–C–C–N with tert-alkyl or cyclic N) is 6. The number of aliphatic carboxylic acids is 7. The van der Waals surface area contributed by atoms with Gasteiger partial charge >= 0.3 is 47.8 Å². The molecule has 0 aromatic carbocycles. The van der Waals surface area contributed by atoms with E-state index in [0.717, 1.165) is 38.5 Å². The monoisotopic (exact) mass is 1610 g/mol. The highest BCUT2D eigenvalue weighted by atomic mass is 16.5. The molecule has 8 heterocycles. The Hall–Kier alpha value is -5.48. The minimum atomic E-state index is -1.47. The number of unbranched alkanes of at least 4 members (excludes halogenated alkanes) is 2. The molecule has 0 saturated carbocycles. The molecular weight excluding hydrogens is 1490 g/mol. The number of carboxylic acids is 7. The maximum Gasteiger partial charge on any atom is 0.326 e. The third-order valence-corrected chi connectivity index (χ3v) is 18.8. The molecule has 0 bridgehead atoms. The summed E-state index contributed by atoms with van der Waals surface area (Å²) in [6.45, 7) is 4.25. The number of carboxylic acid groups (broad SMARTS) is 7. The first kappa shape index (κ1) is 103. The van der Waals surface area contributed by atoms with Crippen molar-refractivity contribution < 1.29 is 196 Å². The summed E-state index contributed by atoms with van der Waals surface area (Å²) in [5.41, 5.74) is 0. The van der Waals surface area contributed by atoms with E-state index in [4.69, 9.17) is 96.7 Å². The molecular formula is C63H118N8O39. The fraction of sp³-hybridized carbons (Fsp3) is 0.873. The van der Waals surface area contributed by atoms with Crippen LogP contribution in [0.1, 0.15) is 71.6 Å². The van der Waals surface area contributed by atoms with Gasteiger partial charge in [-0.25, -0.2) is 0 Å². The minimum Gasteiger partial charge on any atom is -0.481 e. The van der Waals surface area contributed by atoms with Gasteiger partial charge in [0.15, 0.2) is 0 Å². The van der Waals surface area contributed by atoms with Gasteiger partial charge in [0.2, 0.25) is 0 Å². The summed E-state index contributed by atoms with van der Waals surface area (Å²) in [6, 6.07) is -7.28. The van der Waals surface area contributed by atoms with Crippen LogP contribution in [0.15, 0.2) is 0 Å². The molecule has 0 aromatic rings. The van der Waals surface area contributed by atoms with Crippen LogP contribution in [0.5, 0.6) is 0 Å². The maximum atomic E-state index is 12.1. The lowest BCUT2D eigenvalue weighted by molar-refractivity contribution is -0.176. The van der Waals surface area contributed by atoms with E-state index in [9.17, 15) is 99.6 Å². The quantitative estimate of drug-likeness (QED) is 0.0375. The van der Waals surface area contributed by atoms with Crippen LogP contribution in [0.4, 0.5) is 0 Å². The lowest BCUT2D eigenvalue weighted by Crippen LogP contribution is -2.64. The predicted molar refractivity (Wildman–Crippen MR) is 367 cm³/mol. The summed E-state index contributed by atoms with van der Waals surface area (Å²) < 4.78 is 5.15. The second-order valence-electron chi connectivity index (χ2n) is 27.0. The van der Waals surface area contributed by atoms with Crippen molar-refractivity contribution in [1.29, 1.82) is 0 Å². The average Bonchev–Trinajstić information content (AvgIpc) is 0.813. The SMILES string of the molecule is CCCCOC(=O)[C@@H]1[C@@H](O)[C@H](O)[C@@H](O)CN1CCCC.O=C(O)C1NCC(O)C(O)C1O.O=C(O)C1NCCCC1O.O=C(O)CCN1C[C@H](O)[C@@H](O)[C@H](O)[C@H]1CO.O=C(O)CN1CC(O)C(O)C(O)C1CO.O=C(O)CN1C[C@H](O)[C@@H](O)[C@H](O)[C@H]1CO.O=C(O)[C@H]1NCCC[C@@H]1O.O=C(O)[C@H]1NC[C@H](O)[C@@H](O)[C@@H]1O. The number of rotatable bonds is 21. The molecule has 0 aliphatic carbocycles. The van der Waals surface area contributed by atoms with Gasteiger partial charge in [-0.1, -0.05) is 26.7 Å². The Morgan fingerprint density at radius 2 is 0.664 bits per heavy atom. The van der Waals surface area contributed by atoms with Crippen molar-refractivity contribution in [2.24, 2.45) is 0 Å². The van der Waals surface area contributed by atoms with E-state index < -0.39 is 251 Å². The molecule has 34 N–H and O–H groups in total. The Balaban J connectivity index is 0.000000634. The Morgan fingerprint density at radius 1 is 0.345 bits per heavy atom. The van der Waals surface area contributed by atoms with Gasteiger partial charge in [0.05, 0.1) is 113 Å². The zero-order valence-electron chi connectivity index (χ0n) is 60.7. The van der Waals surface area contributed by atoms with E-state index >= 15 is 0 Å². The molecule has 0 radical (unpaired) electrons. The summed E-state index contributed by atoms with van der Waals surface area (Å²) >= 11 is 0. The van der Waals surface area contributed by atoms with E-state index in [-0.39, 0.29) is 52.2 Å². The number of likely N-dealkylation sites (tertiary alicyclic amines) is 4. The normalized spacial score (nSPS) is 36.7. The second-order valence-corrected chi connectivity index (χ2v) is 27.0. The molecule has 47 nitrogen and oxygen atoms in total. The third-order valence-electron chi connectivity index (χ3n) is 18.8. The van der Waals surface area contributed by atoms with Crippen molar-refractivity contribution >= 4 is 47.8 Å². The fourth-order valence-electron chi connectivity index (χ4n) is 12.3. The van der Waals surface area contributed by atoms with Gasteiger partial charge in [-0.05, 0) is 58.2 Å². The molecule has 0 aromatic heterocycles. The highest BCUT2D eigenvalue weighted by Crippen LogP contribution is 2.24. The third kappa shape index (κ3) is 33.2. The van der Waals surface area contributed by atoms with Crippen LogP contribution in [-0.2, 0) is 43.1 Å². The van der Waals surface area contributed by atoms with Gasteiger partial charge < -0.3 is 169 Å². The van der Waals surface area contributed by atoms with Crippen LogP contribution in [0.2, 0.25) is 0 Å². The molecule has 110 heavy (non-hydrogen) atoms. The Kier molecular flexibility index (Phi) is 48.6. The lowest BCUT2D eigenvalue weighted by Gasteiger charge is -2.42. The summed E-state index contributed by atoms with van der Waals surface area (Å²) in [4.78, 5) is 90.6. The van der Waals surface area contributed by atoms with E-state index in [0.29, 0.717) is 39.1 Å². The standard InChI is InChI=1S/C14H27NO5.C9H17NO6.2C8H15NO6.2C6H11NO5.2C6H11NO3/c1-3-5-7-15-9-10(16)12(17)13(18)11(15)14(19)20-8-6-4-2;11-4-5-8(15)9(16)6(12)3-10(5)2-1-7(13)14;2*10-3-4-7(14)8(15)5(11)1-9(4)2-6(12)13;2*8-2-1-7-3(6(11)12)5(10)4(2)9;2*8-4-2-1-3-7-5(4)6(9)10/h10-13,16-18H,3-9H2,1-2H3;5-6,8-9,11-12,15-16H,1-4H2,(H,13,14);2*4-5,7-8,10-11,14-15H,1-3H2,(H,12,13);2*2-5,7-10H,1H2,(H,11,12);2*4-5,7-8H,1-3H2,(H,9,10)/t10-,11-,12+,13+;5-,6+,8-,9-;4-,5+,7-,8-;;2-,3-,4+,5+;;4-,5-;/m011.0.0./s1. The van der Waals surface area contributed by atoms with Crippen LogP contribution >= 0.6 is 0 Å². The number of ether oxygens (including phenoxy) is 1. The van der Waals surface area contributed by atoms with Crippen molar-refractivity contribution in [2.75, 3.05) is 105 Å². The Morgan fingerprint density at radius 3 is 0.964 bits per heavy atom. The van der Waals surface area contributed by atoms with Crippen molar-refractivity contribution in [2.45, 2.75) is 242 Å². The van der Waals surface area contributed by atoms with Crippen LogP contribution < -0.4 is 21.3 Å². The molecule has 8 saturated heterocycles. The number of esters is 1. The summed E-state index contributed by atoms with van der Waals surface area (Å²) in [6.07, 6.45) is -18.4. The first-order valence-corrected chi connectivity index (χ1v) is 35.5. The smallest absolute Gasteiger partial charge is 0.326 e. The number of carbonyl (C=O) groups excluding carboxylic acids is 1. The van der Waals surface area contributed by atoms with Gasteiger partial charge in [-0.15, -0.1) is 0 Å². The predicted octanol–water partition coefficient (Wildman–Crippen LogP) is -16.6. The van der Waals surface area contributed by atoms with Gasteiger partial charge in [0.25, 0.3) is 0 Å². The molecule has 28 atom stereocenters. The highest BCUT2D eigenvalue weighted by molar-refractivity contribution is 5.77. The lowest BCUT2D eigenvalue weighted by atomic mass is 9.93. The fourth-order valence-corrected chi connectivity index (χ4v) is 12.3. The first-order chi connectivity index (χ1) is 51.4. The molecule has 0 spiro atoms. The Bertz CT molecular complexity index is 2580. The second kappa shape index (κ2) is 52.1. The van der Waals surface area contributed by atoms with Crippen molar-refractivity contribution in [3.63, 3.8) is 0 Å². The number of aliphatic hydroxyl groups is 23. The van der Waals surface area contributed by atoms with Crippen molar-refractivity contribution in [1.82, 2.24) is 40.9 Å². The maximum absolute atomic E-state index is 12.1. The largest absolute Gasteiger partial charge is 0.481 e. The average molecular weight is 1610 g/mol. The zero-order valence-corrected chi connectivity index (χ0v) is 60.7. The number of aliphatic hydroxyl groups excluding tert-OH is 23. The topological polar surface area (TPSA) is 814 Å². The summed E-state index contributed by atoms with van der Waals surface area (Å²) in [5, 5.41) is 284. The molecule has 644 valence electrons. The van der Waals surface area contributed by atoms with Crippen LogP contribution in [0.25, 0.3) is 0 Å². The number of nitrogens with zero attached hydrogens (tertiary/aromatic N) is 4. The number of hydrogen-bond acceptors (Lipinski definition) is 40. The molecule has 8 rings (SSSR count). The van der Waals surface area contributed by atoms with Crippen LogP contribution in [0, 0.1) is 0 Å². The highest BCUT2D eigenvalue weighted by Gasteiger charge is 2.48. The van der Waals surface area contributed by atoms with Gasteiger partial charge in [0.1, 0.15) is 103 Å². The molecule has 8 aliphatic rings. The number of carbonyl (C=O) groups is 8. The van der Waals surface area contributed by atoms with Crippen LogP contribution in [0.3, 0.4) is 0 Å². The van der Waals surface area contributed by atoms with E-state index in [1.54, 1.807) is 4.90 Å². The molecule has 10 unspecified atom stereocenters. The van der Waals surface area contributed by atoms with E-state index in [2.05, 4.69) is 21.3 Å². The van der Waals surface area contributed by atoms with E-state index in [1.807, 2.05) is 13.8 Å². The molecule has 0 amide bonds. The van der Waals surface area contributed by atoms with Crippen LogP contribution in [-0.4, -0.2) is 496 Å². The summed E-state index contributed by atoms with van der Waals surface area (Å²) in [7, 11) is 0. The first-order valence-electron chi connectivity index (χ1n) is 35.5. The minimum absolute atomic E-state index is 0.0325. The molecule has 8 fully saturated rings. The van der Waals surface area contributed by atoms with Gasteiger partial charge in [0, 0.05) is 45.8 Å². The van der Waals surface area contributed by atoms with Crippen molar-refractivity contribution in [3.05, 3.63) is 0 Å². The van der Waals surface area contributed by atoms with Gasteiger partial charge in [-0.3, -0.25) is 68.6 Å². The summed E-state index contributed by atoms with van der Waals surface area (Å²) in [5.74, 6) is -8.17. The Labute approximate surface area is 630 Å². The molecule has 47 heteroatoms. The van der Waals surface area contributed by atoms with E-state index in [1.165, 1.54) is 14.7 Å².